The summed E-state index contributed by atoms with van der Waals surface area (Å²) >= 11 is 6.36. The molecule has 0 aliphatic heterocycles. The van der Waals surface area contributed by atoms with E-state index >= 15 is 0 Å². The predicted octanol–water partition coefficient (Wildman–Crippen LogP) is 5.49. The molecule has 3 N–H and O–H groups in total. The molecule has 29 heavy (non-hydrogen) atoms. The van der Waals surface area contributed by atoms with Crippen molar-refractivity contribution in [2.24, 2.45) is 5.73 Å². The van der Waals surface area contributed by atoms with E-state index in [1.807, 2.05) is 66.7 Å². The smallest absolute Gasteiger partial charge is 0.324 e. The second-order valence-electron chi connectivity index (χ2n) is 7.15. The molecule has 1 aliphatic rings. The molecule has 1 atom stereocenters. The second-order valence-corrected chi connectivity index (χ2v) is 7.55. The molecule has 0 saturated carbocycles. The first-order chi connectivity index (χ1) is 13.5. The number of hydrogen-bond acceptors (Lipinski definition) is 3. The summed E-state index contributed by atoms with van der Waals surface area (Å²) < 4.78 is 6.17. The van der Waals surface area contributed by atoms with Gasteiger partial charge in [0.25, 0.3) is 0 Å². The van der Waals surface area contributed by atoms with Gasteiger partial charge in [-0.1, -0.05) is 54.1 Å². The first-order valence-corrected chi connectivity index (χ1v) is 9.50. The van der Waals surface area contributed by atoms with Crippen molar-refractivity contribution in [2.45, 2.75) is 24.8 Å². The number of ether oxygens (including phenoxy) is 1. The van der Waals surface area contributed by atoms with Crippen molar-refractivity contribution in [3.05, 3.63) is 82.9 Å². The predicted molar refractivity (Wildman–Crippen MR) is 117 cm³/mol. The summed E-state index contributed by atoms with van der Waals surface area (Å²) in [4.78, 5) is 11.5. The van der Waals surface area contributed by atoms with Gasteiger partial charge < -0.3 is 15.6 Å². The van der Waals surface area contributed by atoms with Crippen LogP contribution in [0.2, 0.25) is 5.02 Å². The van der Waals surface area contributed by atoms with E-state index in [1.165, 1.54) is 0 Å². The second kappa shape index (κ2) is 8.46. The lowest BCUT2D eigenvalue weighted by molar-refractivity contribution is -0.143. The van der Waals surface area contributed by atoms with Crippen LogP contribution in [-0.4, -0.2) is 16.6 Å². The highest BCUT2D eigenvalue weighted by Crippen LogP contribution is 2.38. The molecule has 0 fully saturated rings. The summed E-state index contributed by atoms with van der Waals surface area (Å²) in [5, 5.41) is 10.1. The number of fused-ring (bicyclic) bond motifs is 1. The molecule has 4 nitrogen and oxygen atoms in total. The minimum Gasteiger partial charge on any atom is -0.480 e. The van der Waals surface area contributed by atoms with Crippen LogP contribution in [0, 0.1) is 0 Å². The average molecular weight is 430 g/mol. The quantitative estimate of drug-likeness (QED) is 0.574. The molecular formula is C23H21Cl2NO3. The van der Waals surface area contributed by atoms with Crippen molar-refractivity contribution in [2.75, 3.05) is 0 Å². The SMILES string of the molecule is Cl.NC1(C(=O)O)CCc2ccc(Oc3ccccc3-c3ccccc3Cl)cc2C1. The highest BCUT2D eigenvalue weighted by atomic mass is 35.5. The number of aryl methyl sites for hydroxylation is 1. The van der Waals surface area contributed by atoms with Gasteiger partial charge in [-0.3, -0.25) is 4.79 Å². The molecule has 1 aliphatic carbocycles. The third kappa shape index (κ3) is 4.25. The van der Waals surface area contributed by atoms with Crippen LogP contribution in [-0.2, 0) is 17.6 Å². The average Bonchev–Trinajstić information content (AvgIpc) is 2.69. The van der Waals surface area contributed by atoms with Crippen molar-refractivity contribution in [3.63, 3.8) is 0 Å². The van der Waals surface area contributed by atoms with Gasteiger partial charge in [-0.05, 0) is 48.2 Å². The Balaban J connectivity index is 0.00000240. The molecule has 0 heterocycles. The standard InChI is InChI=1S/C23H20ClNO3.ClH/c24-20-7-3-1-5-18(20)19-6-2-4-8-21(19)28-17-10-9-15-11-12-23(25,22(26)27)14-16(15)13-17;/h1-10,13H,11-12,14,25H2,(H,26,27);1H. The van der Waals surface area contributed by atoms with Gasteiger partial charge in [-0.25, -0.2) is 0 Å². The van der Waals surface area contributed by atoms with E-state index in [2.05, 4.69) is 0 Å². The van der Waals surface area contributed by atoms with Crippen molar-refractivity contribution in [1.82, 2.24) is 0 Å². The van der Waals surface area contributed by atoms with E-state index in [0.717, 1.165) is 22.3 Å². The fourth-order valence-electron chi connectivity index (χ4n) is 3.63. The normalized spacial score (nSPS) is 17.7. The zero-order valence-corrected chi connectivity index (χ0v) is 17.2. The number of hydrogen-bond donors (Lipinski definition) is 2. The number of carbonyl (C=O) groups is 1. The molecule has 0 spiro atoms. The molecule has 1 unspecified atom stereocenters. The fourth-order valence-corrected chi connectivity index (χ4v) is 3.87. The van der Waals surface area contributed by atoms with Crippen molar-refractivity contribution in [3.8, 4) is 22.6 Å². The van der Waals surface area contributed by atoms with Crippen molar-refractivity contribution < 1.29 is 14.6 Å². The maximum atomic E-state index is 11.5. The van der Waals surface area contributed by atoms with E-state index in [1.54, 1.807) is 0 Å². The minimum absolute atomic E-state index is 0. The molecular weight excluding hydrogens is 409 g/mol. The maximum Gasteiger partial charge on any atom is 0.324 e. The molecule has 4 rings (SSSR count). The number of para-hydroxylation sites is 1. The van der Waals surface area contributed by atoms with E-state index in [9.17, 15) is 9.90 Å². The molecule has 0 bridgehead atoms. The summed E-state index contributed by atoms with van der Waals surface area (Å²) in [6.07, 6.45) is 1.38. The van der Waals surface area contributed by atoms with Gasteiger partial charge in [0.15, 0.2) is 0 Å². The maximum absolute atomic E-state index is 11.5. The molecule has 6 heteroatoms. The Bertz CT molecular complexity index is 1050. The van der Waals surface area contributed by atoms with E-state index < -0.39 is 11.5 Å². The summed E-state index contributed by atoms with van der Waals surface area (Å²) in [7, 11) is 0. The first-order valence-electron chi connectivity index (χ1n) is 9.12. The van der Waals surface area contributed by atoms with Gasteiger partial charge in [-0.2, -0.15) is 0 Å². The van der Waals surface area contributed by atoms with Crippen molar-refractivity contribution in [1.29, 1.82) is 0 Å². The number of halogens is 2. The Morgan fingerprint density at radius 2 is 1.69 bits per heavy atom. The van der Waals surface area contributed by atoms with Crippen LogP contribution < -0.4 is 10.5 Å². The largest absolute Gasteiger partial charge is 0.480 e. The number of rotatable bonds is 4. The van der Waals surface area contributed by atoms with Crippen LogP contribution in [0.25, 0.3) is 11.1 Å². The lowest BCUT2D eigenvalue weighted by Crippen LogP contribution is -2.52. The molecule has 150 valence electrons. The number of nitrogens with two attached hydrogens (primary N) is 1. The Labute approximate surface area is 180 Å². The summed E-state index contributed by atoms with van der Waals surface area (Å²) in [6, 6.07) is 21.1. The van der Waals surface area contributed by atoms with Gasteiger partial charge in [0.1, 0.15) is 17.0 Å². The van der Waals surface area contributed by atoms with Crippen LogP contribution in [0.15, 0.2) is 66.7 Å². The van der Waals surface area contributed by atoms with Crippen molar-refractivity contribution >= 4 is 30.0 Å². The highest BCUT2D eigenvalue weighted by Gasteiger charge is 2.37. The molecule has 3 aromatic carbocycles. The van der Waals surface area contributed by atoms with Gasteiger partial charge in [0, 0.05) is 22.6 Å². The van der Waals surface area contributed by atoms with Crippen LogP contribution in [0.1, 0.15) is 17.5 Å². The van der Waals surface area contributed by atoms with E-state index in [-0.39, 0.29) is 12.4 Å². The Morgan fingerprint density at radius 3 is 2.41 bits per heavy atom. The number of carboxylic acids is 1. The van der Waals surface area contributed by atoms with E-state index in [4.69, 9.17) is 22.1 Å². The van der Waals surface area contributed by atoms with Gasteiger partial charge in [0.2, 0.25) is 0 Å². The summed E-state index contributed by atoms with van der Waals surface area (Å²) in [5.41, 5.74) is 8.69. The number of benzene rings is 3. The van der Waals surface area contributed by atoms with Crippen LogP contribution in [0.3, 0.4) is 0 Å². The van der Waals surface area contributed by atoms with E-state index in [0.29, 0.717) is 35.8 Å². The third-order valence-electron chi connectivity index (χ3n) is 5.23. The van der Waals surface area contributed by atoms with Crippen LogP contribution in [0.5, 0.6) is 11.5 Å². The van der Waals surface area contributed by atoms with Crippen LogP contribution in [0.4, 0.5) is 0 Å². The lowest BCUT2D eigenvalue weighted by atomic mass is 9.78. The zero-order valence-electron chi connectivity index (χ0n) is 15.6. The third-order valence-corrected chi connectivity index (χ3v) is 5.56. The molecule has 0 aromatic heterocycles. The van der Waals surface area contributed by atoms with Crippen LogP contribution >= 0.6 is 24.0 Å². The molecule has 0 saturated heterocycles. The fraction of sp³-hybridized carbons (Fsp3) is 0.174. The molecule has 0 radical (unpaired) electrons. The zero-order chi connectivity index (χ0) is 19.7. The number of carboxylic acid groups (broad SMARTS) is 1. The first kappa shape index (κ1) is 21.2. The monoisotopic (exact) mass is 429 g/mol. The Morgan fingerprint density at radius 1 is 1.00 bits per heavy atom. The minimum atomic E-state index is -1.22. The summed E-state index contributed by atoms with van der Waals surface area (Å²) in [5.74, 6) is 0.366. The van der Waals surface area contributed by atoms with Gasteiger partial charge in [0.05, 0.1) is 0 Å². The topological polar surface area (TPSA) is 72.6 Å². The lowest BCUT2D eigenvalue weighted by Gasteiger charge is -2.31. The van der Waals surface area contributed by atoms with Gasteiger partial charge >= 0.3 is 5.97 Å². The number of aliphatic carboxylic acids is 1. The Kier molecular flexibility index (Phi) is 6.18. The highest BCUT2D eigenvalue weighted by molar-refractivity contribution is 6.33. The molecule has 3 aromatic rings. The van der Waals surface area contributed by atoms with Gasteiger partial charge in [-0.15, -0.1) is 12.4 Å². The molecule has 0 amide bonds. The summed E-state index contributed by atoms with van der Waals surface area (Å²) in [6.45, 7) is 0. The Hall–Kier alpha value is -2.53.